The van der Waals surface area contributed by atoms with Gasteiger partial charge < -0.3 is 9.47 Å². The molecule has 2 aromatic heterocycles. The molecule has 0 radical (unpaired) electrons. The molecule has 0 N–H and O–H groups in total. The van der Waals surface area contributed by atoms with Crippen LogP contribution in [0.3, 0.4) is 0 Å². The van der Waals surface area contributed by atoms with Crippen molar-refractivity contribution in [2.45, 2.75) is 6.61 Å². The summed E-state index contributed by atoms with van der Waals surface area (Å²) in [5.41, 5.74) is 4.88. The van der Waals surface area contributed by atoms with E-state index in [1.165, 1.54) is 0 Å². The number of aromatic nitrogens is 3. The van der Waals surface area contributed by atoms with Crippen LogP contribution in [0.1, 0.15) is 5.56 Å². The molecule has 0 saturated heterocycles. The molecule has 0 aliphatic rings. The number of pyridine rings is 1. The molecule has 162 valence electrons. The summed E-state index contributed by atoms with van der Waals surface area (Å²) in [4.78, 5) is 4.52. The molecule has 0 aliphatic carbocycles. The lowest BCUT2D eigenvalue weighted by atomic mass is 10.1. The molecular weight excluding hydrogens is 410 g/mol. The third kappa shape index (κ3) is 4.48. The molecule has 0 spiro atoms. The lowest BCUT2D eigenvalue weighted by Crippen LogP contribution is -2.02. The van der Waals surface area contributed by atoms with E-state index in [0.717, 1.165) is 33.9 Å². The van der Waals surface area contributed by atoms with Gasteiger partial charge in [-0.1, -0.05) is 66.7 Å². The highest BCUT2D eigenvalue weighted by Gasteiger charge is 2.16. The highest BCUT2D eigenvalue weighted by Crippen LogP contribution is 2.35. The van der Waals surface area contributed by atoms with E-state index in [1.54, 1.807) is 13.3 Å². The van der Waals surface area contributed by atoms with Crippen molar-refractivity contribution in [1.82, 2.24) is 14.8 Å². The first-order valence-electron chi connectivity index (χ1n) is 10.7. The number of methoxy groups -OCH3 is 1. The Morgan fingerprint density at radius 1 is 0.727 bits per heavy atom. The molecule has 0 fully saturated rings. The number of rotatable bonds is 7. The average molecular weight is 434 g/mol. The second kappa shape index (κ2) is 9.40. The number of hydrogen-bond acceptors (Lipinski definition) is 4. The summed E-state index contributed by atoms with van der Waals surface area (Å²) in [6.07, 6.45) is 1.77. The van der Waals surface area contributed by atoms with E-state index in [-0.39, 0.29) is 0 Å². The fourth-order valence-corrected chi connectivity index (χ4v) is 3.67. The van der Waals surface area contributed by atoms with Gasteiger partial charge in [-0.05, 0) is 42.0 Å². The molecule has 0 atom stereocenters. The van der Waals surface area contributed by atoms with Crippen LogP contribution in [0.4, 0.5) is 0 Å². The molecular formula is C28H23N3O2. The van der Waals surface area contributed by atoms with Crippen molar-refractivity contribution in [3.63, 3.8) is 0 Å². The maximum atomic E-state index is 6.14. The van der Waals surface area contributed by atoms with E-state index < -0.39 is 0 Å². The second-order valence-corrected chi connectivity index (χ2v) is 7.52. The summed E-state index contributed by atoms with van der Waals surface area (Å²) >= 11 is 0. The topological polar surface area (TPSA) is 49.2 Å². The monoisotopic (exact) mass is 433 g/mol. The summed E-state index contributed by atoms with van der Waals surface area (Å²) in [7, 11) is 1.65. The van der Waals surface area contributed by atoms with Crippen molar-refractivity contribution in [1.29, 1.82) is 0 Å². The van der Waals surface area contributed by atoms with Crippen molar-refractivity contribution >= 4 is 0 Å². The third-order valence-corrected chi connectivity index (χ3v) is 5.34. The Morgan fingerprint density at radius 3 is 2.21 bits per heavy atom. The normalized spacial score (nSPS) is 10.7. The standard InChI is InChI=1S/C28H23N3O2/c1-32-26-16-15-23(18-27(26)33-20-21-10-4-2-5-11-21)25-19-24(22-12-6-3-7-13-22)30-31(25)28-14-8-9-17-29-28/h2-19H,20H2,1H3. The summed E-state index contributed by atoms with van der Waals surface area (Å²) in [6.45, 7) is 0.454. The van der Waals surface area contributed by atoms with Crippen molar-refractivity contribution in [3.8, 4) is 39.8 Å². The molecule has 0 saturated carbocycles. The van der Waals surface area contributed by atoms with E-state index in [9.17, 15) is 0 Å². The minimum absolute atomic E-state index is 0.454. The van der Waals surface area contributed by atoms with Gasteiger partial charge in [0, 0.05) is 17.3 Å². The quantitative estimate of drug-likeness (QED) is 0.307. The van der Waals surface area contributed by atoms with E-state index in [2.05, 4.69) is 23.2 Å². The summed E-state index contributed by atoms with van der Waals surface area (Å²) in [6, 6.07) is 34.0. The van der Waals surface area contributed by atoms with Gasteiger partial charge in [-0.25, -0.2) is 9.67 Å². The molecule has 3 aromatic carbocycles. The van der Waals surface area contributed by atoms with Gasteiger partial charge in [0.05, 0.1) is 18.5 Å². The Bertz CT molecular complexity index is 1330. The number of benzene rings is 3. The molecule has 5 nitrogen and oxygen atoms in total. The molecule has 0 unspecified atom stereocenters. The minimum Gasteiger partial charge on any atom is -0.493 e. The zero-order chi connectivity index (χ0) is 22.5. The van der Waals surface area contributed by atoms with E-state index in [0.29, 0.717) is 18.1 Å². The van der Waals surface area contributed by atoms with Gasteiger partial charge in [0.1, 0.15) is 6.61 Å². The molecule has 0 amide bonds. The molecule has 5 rings (SSSR count). The van der Waals surface area contributed by atoms with Gasteiger partial charge in [0.15, 0.2) is 17.3 Å². The SMILES string of the molecule is COc1ccc(-c2cc(-c3ccccc3)nn2-c2ccccn2)cc1OCc1ccccc1. The van der Waals surface area contributed by atoms with Gasteiger partial charge in [-0.2, -0.15) is 5.10 Å². The first-order chi connectivity index (χ1) is 16.3. The first-order valence-corrected chi connectivity index (χ1v) is 10.7. The number of nitrogens with zero attached hydrogens (tertiary/aromatic N) is 3. The maximum absolute atomic E-state index is 6.14. The Kier molecular flexibility index (Phi) is 5.85. The van der Waals surface area contributed by atoms with Crippen LogP contribution in [-0.4, -0.2) is 21.9 Å². The zero-order valence-corrected chi connectivity index (χ0v) is 18.3. The highest BCUT2D eigenvalue weighted by atomic mass is 16.5. The molecule has 0 bridgehead atoms. The van der Waals surface area contributed by atoms with Crippen LogP contribution < -0.4 is 9.47 Å². The number of hydrogen-bond donors (Lipinski definition) is 0. The Morgan fingerprint density at radius 2 is 1.48 bits per heavy atom. The Balaban J connectivity index is 1.57. The Hall–Kier alpha value is -4.38. The molecule has 33 heavy (non-hydrogen) atoms. The predicted molar refractivity (Wildman–Crippen MR) is 130 cm³/mol. The first kappa shape index (κ1) is 20.5. The van der Waals surface area contributed by atoms with Crippen molar-refractivity contribution in [2.75, 3.05) is 7.11 Å². The molecule has 5 heteroatoms. The second-order valence-electron chi connectivity index (χ2n) is 7.52. The fraction of sp³-hybridized carbons (Fsp3) is 0.0714. The van der Waals surface area contributed by atoms with E-state index in [1.807, 2.05) is 89.6 Å². The van der Waals surface area contributed by atoms with Crippen molar-refractivity contribution in [2.24, 2.45) is 0 Å². The lowest BCUT2D eigenvalue weighted by molar-refractivity contribution is 0.284. The minimum atomic E-state index is 0.454. The van der Waals surface area contributed by atoms with Crippen LogP contribution in [0.15, 0.2) is 109 Å². The largest absolute Gasteiger partial charge is 0.493 e. The third-order valence-electron chi connectivity index (χ3n) is 5.34. The van der Waals surface area contributed by atoms with Crippen LogP contribution in [0.5, 0.6) is 11.5 Å². The highest BCUT2D eigenvalue weighted by molar-refractivity contribution is 5.72. The van der Waals surface area contributed by atoms with Gasteiger partial charge in [-0.15, -0.1) is 0 Å². The summed E-state index contributed by atoms with van der Waals surface area (Å²) in [5.74, 6) is 2.10. The molecule has 5 aromatic rings. The molecule has 2 heterocycles. The van der Waals surface area contributed by atoms with Crippen LogP contribution >= 0.6 is 0 Å². The zero-order valence-electron chi connectivity index (χ0n) is 18.3. The van der Waals surface area contributed by atoms with Crippen LogP contribution in [0, 0.1) is 0 Å². The lowest BCUT2D eigenvalue weighted by Gasteiger charge is -2.13. The maximum Gasteiger partial charge on any atom is 0.162 e. The van der Waals surface area contributed by atoms with Crippen molar-refractivity contribution < 1.29 is 9.47 Å². The van der Waals surface area contributed by atoms with E-state index >= 15 is 0 Å². The van der Waals surface area contributed by atoms with Gasteiger partial charge in [0.2, 0.25) is 0 Å². The van der Waals surface area contributed by atoms with Crippen LogP contribution in [0.25, 0.3) is 28.3 Å². The average Bonchev–Trinajstić information content (AvgIpc) is 3.35. The van der Waals surface area contributed by atoms with Crippen LogP contribution in [0.2, 0.25) is 0 Å². The number of ether oxygens (including phenoxy) is 2. The smallest absolute Gasteiger partial charge is 0.162 e. The van der Waals surface area contributed by atoms with E-state index in [4.69, 9.17) is 14.6 Å². The summed E-state index contributed by atoms with van der Waals surface area (Å²) < 4.78 is 13.6. The van der Waals surface area contributed by atoms with Gasteiger partial charge in [-0.3, -0.25) is 0 Å². The van der Waals surface area contributed by atoms with Gasteiger partial charge in [0.25, 0.3) is 0 Å². The summed E-state index contributed by atoms with van der Waals surface area (Å²) in [5, 5.41) is 4.88. The Labute approximate surface area is 192 Å². The predicted octanol–water partition coefficient (Wildman–Crippen LogP) is 6.19. The van der Waals surface area contributed by atoms with Crippen molar-refractivity contribution in [3.05, 3.63) is 115 Å². The van der Waals surface area contributed by atoms with Gasteiger partial charge >= 0.3 is 0 Å². The van der Waals surface area contributed by atoms with Crippen LogP contribution in [-0.2, 0) is 6.61 Å². The molecule has 0 aliphatic heterocycles. The fourth-order valence-electron chi connectivity index (χ4n) is 3.67.